The Kier molecular flexibility index (Phi) is 5.63. The standard InChI is InChI=1S/C14H19NO3.ClH/c1-10(14(16)17)15(2)7-5-11-3-4-13-12(9-11)6-8-18-13;/h3-4,9-10H,5-8H2,1-2H3,(H,16,17);1H. The normalized spacial score (nSPS) is 14.5. The highest BCUT2D eigenvalue weighted by atomic mass is 35.5. The molecule has 0 spiro atoms. The molecule has 1 aromatic carbocycles. The monoisotopic (exact) mass is 285 g/mol. The van der Waals surface area contributed by atoms with Gasteiger partial charge in [0, 0.05) is 13.0 Å². The first-order valence-electron chi connectivity index (χ1n) is 6.25. The van der Waals surface area contributed by atoms with Crippen LogP contribution in [0.1, 0.15) is 18.1 Å². The lowest BCUT2D eigenvalue weighted by molar-refractivity contribution is -0.142. The van der Waals surface area contributed by atoms with Gasteiger partial charge in [0.25, 0.3) is 0 Å². The van der Waals surface area contributed by atoms with Crippen molar-refractivity contribution in [1.29, 1.82) is 0 Å². The molecule has 0 aliphatic carbocycles. The topological polar surface area (TPSA) is 49.8 Å². The molecule has 1 heterocycles. The van der Waals surface area contributed by atoms with E-state index in [2.05, 4.69) is 12.1 Å². The molecule has 1 unspecified atom stereocenters. The van der Waals surface area contributed by atoms with Crippen LogP contribution in [0.15, 0.2) is 18.2 Å². The largest absolute Gasteiger partial charge is 0.493 e. The van der Waals surface area contributed by atoms with Crippen LogP contribution in [-0.4, -0.2) is 42.2 Å². The summed E-state index contributed by atoms with van der Waals surface area (Å²) < 4.78 is 5.46. The van der Waals surface area contributed by atoms with E-state index in [0.717, 1.165) is 31.7 Å². The van der Waals surface area contributed by atoms with Crippen molar-refractivity contribution < 1.29 is 14.6 Å². The molecule has 1 N–H and O–H groups in total. The van der Waals surface area contributed by atoms with E-state index in [1.165, 1.54) is 11.1 Å². The minimum atomic E-state index is -0.778. The Morgan fingerprint density at radius 2 is 2.26 bits per heavy atom. The van der Waals surface area contributed by atoms with Crippen LogP contribution >= 0.6 is 12.4 Å². The summed E-state index contributed by atoms with van der Waals surface area (Å²) in [4.78, 5) is 12.7. The molecule has 0 amide bonds. The Bertz CT molecular complexity index is 450. The summed E-state index contributed by atoms with van der Waals surface area (Å²) >= 11 is 0. The first-order valence-corrected chi connectivity index (χ1v) is 6.25. The fourth-order valence-electron chi connectivity index (χ4n) is 2.08. The van der Waals surface area contributed by atoms with Crippen molar-refractivity contribution in [3.63, 3.8) is 0 Å². The second-order valence-corrected chi connectivity index (χ2v) is 4.79. The maximum Gasteiger partial charge on any atom is 0.320 e. The molecule has 0 fully saturated rings. The van der Waals surface area contributed by atoms with E-state index in [1.54, 1.807) is 6.92 Å². The number of likely N-dealkylation sites (N-methyl/N-ethyl adjacent to an activating group) is 1. The van der Waals surface area contributed by atoms with Crippen LogP contribution < -0.4 is 4.74 Å². The third-order valence-corrected chi connectivity index (χ3v) is 3.53. The number of hydrogen-bond acceptors (Lipinski definition) is 3. The van der Waals surface area contributed by atoms with Gasteiger partial charge in [-0.1, -0.05) is 12.1 Å². The maximum absolute atomic E-state index is 10.8. The quantitative estimate of drug-likeness (QED) is 0.899. The molecule has 0 aromatic heterocycles. The second-order valence-electron chi connectivity index (χ2n) is 4.79. The number of ether oxygens (including phenoxy) is 1. The summed E-state index contributed by atoms with van der Waals surface area (Å²) in [5.74, 6) is 0.214. The van der Waals surface area contributed by atoms with Crippen molar-refractivity contribution in [1.82, 2.24) is 4.90 Å². The average Bonchev–Trinajstić information content (AvgIpc) is 2.82. The summed E-state index contributed by atoms with van der Waals surface area (Å²) in [6.07, 6.45) is 1.84. The first-order chi connectivity index (χ1) is 8.58. The van der Waals surface area contributed by atoms with Crippen molar-refractivity contribution >= 4 is 18.4 Å². The van der Waals surface area contributed by atoms with Crippen LogP contribution in [0.25, 0.3) is 0 Å². The van der Waals surface area contributed by atoms with Gasteiger partial charge in [-0.25, -0.2) is 0 Å². The predicted molar refractivity (Wildman–Crippen MR) is 76.3 cm³/mol. The Hall–Kier alpha value is -1.26. The van der Waals surface area contributed by atoms with E-state index in [4.69, 9.17) is 9.84 Å². The van der Waals surface area contributed by atoms with Gasteiger partial charge in [0.15, 0.2) is 0 Å². The first kappa shape index (κ1) is 15.8. The molecule has 4 nitrogen and oxygen atoms in total. The number of carboxylic acids is 1. The molecule has 1 atom stereocenters. The van der Waals surface area contributed by atoms with Gasteiger partial charge in [-0.05, 0) is 37.6 Å². The molecule has 0 saturated carbocycles. The molecular formula is C14H20ClNO3. The number of rotatable bonds is 5. The van der Waals surface area contributed by atoms with Gasteiger partial charge in [0.2, 0.25) is 0 Å². The molecule has 1 aliphatic rings. The highest BCUT2D eigenvalue weighted by Crippen LogP contribution is 2.26. The predicted octanol–water partition coefficient (Wildman–Crippen LogP) is 1.99. The van der Waals surface area contributed by atoms with Gasteiger partial charge in [0.05, 0.1) is 6.61 Å². The lowest BCUT2D eigenvalue weighted by atomic mass is 10.1. The summed E-state index contributed by atoms with van der Waals surface area (Å²) in [5, 5.41) is 8.92. The fourth-order valence-corrected chi connectivity index (χ4v) is 2.08. The Morgan fingerprint density at radius 1 is 1.53 bits per heavy atom. The van der Waals surface area contributed by atoms with E-state index in [0.29, 0.717) is 0 Å². The number of carboxylic acid groups (broad SMARTS) is 1. The maximum atomic E-state index is 10.8. The lowest BCUT2D eigenvalue weighted by Crippen LogP contribution is -2.37. The Balaban J connectivity index is 0.00000180. The molecule has 2 rings (SSSR count). The summed E-state index contributed by atoms with van der Waals surface area (Å²) in [7, 11) is 1.84. The van der Waals surface area contributed by atoms with Gasteiger partial charge in [-0.3, -0.25) is 9.69 Å². The van der Waals surface area contributed by atoms with Crippen LogP contribution in [0.2, 0.25) is 0 Å². The van der Waals surface area contributed by atoms with Crippen LogP contribution in [0.5, 0.6) is 5.75 Å². The van der Waals surface area contributed by atoms with E-state index in [-0.39, 0.29) is 12.4 Å². The zero-order chi connectivity index (χ0) is 13.1. The molecule has 5 heteroatoms. The highest BCUT2D eigenvalue weighted by molar-refractivity contribution is 5.85. The number of fused-ring (bicyclic) bond motifs is 1. The molecule has 19 heavy (non-hydrogen) atoms. The molecule has 0 bridgehead atoms. The zero-order valence-corrected chi connectivity index (χ0v) is 12.1. The summed E-state index contributed by atoms with van der Waals surface area (Å²) in [6, 6.07) is 5.80. The molecule has 0 radical (unpaired) electrons. The number of halogens is 1. The smallest absolute Gasteiger partial charge is 0.320 e. The minimum absolute atomic E-state index is 0. The van der Waals surface area contributed by atoms with Crippen molar-refractivity contribution in [3.8, 4) is 5.75 Å². The third kappa shape index (κ3) is 3.85. The van der Waals surface area contributed by atoms with Crippen molar-refractivity contribution in [3.05, 3.63) is 29.3 Å². The zero-order valence-electron chi connectivity index (χ0n) is 11.3. The van der Waals surface area contributed by atoms with E-state index >= 15 is 0 Å². The van der Waals surface area contributed by atoms with Gasteiger partial charge < -0.3 is 9.84 Å². The van der Waals surface area contributed by atoms with Gasteiger partial charge in [0.1, 0.15) is 11.8 Å². The van der Waals surface area contributed by atoms with Crippen molar-refractivity contribution in [2.24, 2.45) is 0 Å². The van der Waals surface area contributed by atoms with E-state index in [9.17, 15) is 4.79 Å². The highest BCUT2D eigenvalue weighted by Gasteiger charge is 2.17. The molecule has 106 valence electrons. The fraction of sp³-hybridized carbons (Fsp3) is 0.500. The Labute approximate surface area is 119 Å². The van der Waals surface area contributed by atoms with Crippen LogP contribution in [-0.2, 0) is 17.6 Å². The van der Waals surface area contributed by atoms with Crippen molar-refractivity contribution in [2.45, 2.75) is 25.8 Å². The molecule has 0 saturated heterocycles. The van der Waals surface area contributed by atoms with Crippen molar-refractivity contribution in [2.75, 3.05) is 20.2 Å². The minimum Gasteiger partial charge on any atom is -0.493 e. The number of benzene rings is 1. The van der Waals surface area contributed by atoms with E-state index < -0.39 is 12.0 Å². The number of carbonyl (C=O) groups is 1. The second kappa shape index (κ2) is 6.78. The summed E-state index contributed by atoms with van der Waals surface area (Å²) in [6.45, 7) is 3.22. The molecule has 1 aliphatic heterocycles. The van der Waals surface area contributed by atoms with Gasteiger partial charge in [-0.2, -0.15) is 0 Å². The number of aliphatic carboxylic acids is 1. The Morgan fingerprint density at radius 3 is 2.95 bits per heavy atom. The number of nitrogens with zero attached hydrogens (tertiary/aromatic N) is 1. The van der Waals surface area contributed by atoms with Gasteiger partial charge in [-0.15, -0.1) is 12.4 Å². The number of hydrogen-bond donors (Lipinski definition) is 1. The van der Waals surface area contributed by atoms with Crippen LogP contribution in [0.3, 0.4) is 0 Å². The average molecular weight is 286 g/mol. The molecule has 1 aromatic rings. The summed E-state index contributed by atoms with van der Waals surface area (Å²) in [5.41, 5.74) is 2.50. The van der Waals surface area contributed by atoms with Crippen LogP contribution in [0, 0.1) is 0 Å². The van der Waals surface area contributed by atoms with E-state index in [1.807, 2.05) is 18.0 Å². The SMILES string of the molecule is CC(C(=O)O)N(C)CCc1ccc2c(c1)CCO2.Cl. The van der Waals surface area contributed by atoms with Crippen LogP contribution in [0.4, 0.5) is 0 Å². The van der Waals surface area contributed by atoms with Gasteiger partial charge >= 0.3 is 5.97 Å². The molecular weight excluding hydrogens is 266 g/mol. The lowest BCUT2D eigenvalue weighted by Gasteiger charge is -2.20. The third-order valence-electron chi connectivity index (χ3n) is 3.53.